The van der Waals surface area contributed by atoms with Crippen LogP contribution in [0.4, 0.5) is 52.7 Å². The smallest absolute Gasteiger partial charge is 0.420 e. The Morgan fingerprint density at radius 2 is 1.48 bits per heavy atom. The molecule has 1 aliphatic rings. The molecule has 0 fully saturated rings. The lowest BCUT2D eigenvalue weighted by Crippen LogP contribution is -2.42. The molecule has 2 aromatic carbocycles. The van der Waals surface area contributed by atoms with Crippen LogP contribution in [0.2, 0.25) is 0 Å². The number of carbonyl (C=O) groups is 2. The third kappa shape index (κ3) is 10.3. The van der Waals surface area contributed by atoms with Crippen LogP contribution < -0.4 is 9.47 Å². The molecule has 0 bridgehead atoms. The molecule has 2 aromatic rings. The van der Waals surface area contributed by atoms with Gasteiger partial charge in [-0.2, -0.15) is 52.7 Å². The van der Waals surface area contributed by atoms with Crippen molar-refractivity contribution in [2.45, 2.75) is 69.6 Å². The first-order valence-electron chi connectivity index (χ1n) is 15.1. The standard InChI is InChI=1S/C34H31F12NO5/c1-19(30(51-3)20-6-7-23(32(38,39)40)14-24(12-20)33(41,42)43)47(18-49)17-21-13-22(31(35,36)37)8-9-25(21)26-15-29(52-11-5-4-10-48)27(34(44,45)46)16-28(26)50-2/h6,8-10,12-16,18-19,30H,4-5,7,11,17H2,1-3H3. The molecule has 6 nitrogen and oxygen atoms in total. The zero-order valence-corrected chi connectivity index (χ0v) is 27.5. The number of hydrogen-bond acceptors (Lipinski definition) is 5. The second-order valence-corrected chi connectivity index (χ2v) is 11.4. The minimum Gasteiger partial charge on any atom is -0.496 e. The van der Waals surface area contributed by atoms with E-state index < -0.39 is 89.2 Å². The number of alkyl halides is 12. The van der Waals surface area contributed by atoms with Gasteiger partial charge in [0, 0.05) is 31.2 Å². The molecule has 0 N–H and O–H groups in total. The Hall–Kier alpha value is -4.48. The van der Waals surface area contributed by atoms with E-state index in [4.69, 9.17) is 14.2 Å². The van der Waals surface area contributed by atoms with E-state index in [9.17, 15) is 62.3 Å². The third-order valence-electron chi connectivity index (χ3n) is 7.99. The molecule has 18 heteroatoms. The second kappa shape index (κ2) is 16.5. The molecule has 0 aliphatic heterocycles. The molecule has 2 unspecified atom stereocenters. The maximum Gasteiger partial charge on any atom is 0.420 e. The molecule has 1 amide bonds. The van der Waals surface area contributed by atoms with Gasteiger partial charge in [-0.15, -0.1) is 0 Å². The molecule has 0 saturated carbocycles. The third-order valence-corrected chi connectivity index (χ3v) is 7.99. The number of allylic oxidation sites excluding steroid dienone is 4. The van der Waals surface area contributed by atoms with Gasteiger partial charge >= 0.3 is 24.7 Å². The van der Waals surface area contributed by atoms with Gasteiger partial charge in [0.2, 0.25) is 6.41 Å². The maximum absolute atomic E-state index is 14.0. The van der Waals surface area contributed by atoms with Crippen molar-refractivity contribution in [1.82, 2.24) is 4.90 Å². The molecular formula is C34H31F12NO5. The molecule has 1 aliphatic carbocycles. The normalized spacial score (nSPS) is 15.5. The summed E-state index contributed by atoms with van der Waals surface area (Å²) in [6, 6.07) is 2.22. The van der Waals surface area contributed by atoms with E-state index in [0.29, 0.717) is 30.6 Å². The first-order valence-corrected chi connectivity index (χ1v) is 15.1. The lowest BCUT2D eigenvalue weighted by Gasteiger charge is -2.33. The first-order chi connectivity index (χ1) is 24.1. The number of hydrogen-bond donors (Lipinski definition) is 0. The van der Waals surface area contributed by atoms with Crippen LogP contribution in [0.25, 0.3) is 11.1 Å². The van der Waals surface area contributed by atoms with Crippen molar-refractivity contribution in [3.8, 4) is 22.6 Å². The molecule has 0 heterocycles. The number of ether oxygens (including phenoxy) is 3. The number of amides is 1. The fraction of sp³-hybridized carbons (Fsp3) is 0.412. The lowest BCUT2D eigenvalue weighted by atomic mass is 9.93. The summed E-state index contributed by atoms with van der Waals surface area (Å²) in [6.45, 7) is 0.131. The van der Waals surface area contributed by atoms with Crippen LogP contribution in [-0.2, 0) is 33.2 Å². The van der Waals surface area contributed by atoms with E-state index in [1.807, 2.05) is 0 Å². The van der Waals surface area contributed by atoms with Gasteiger partial charge in [-0.05, 0) is 72.9 Å². The zero-order chi connectivity index (χ0) is 39.2. The van der Waals surface area contributed by atoms with E-state index in [1.54, 1.807) is 0 Å². The van der Waals surface area contributed by atoms with Gasteiger partial charge in [0.05, 0.1) is 30.9 Å². The summed E-state index contributed by atoms with van der Waals surface area (Å²) in [5.41, 5.74) is -6.85. The average Bonchev–Trinajstić information content (AvgIpc) is 3.29. The zero-order valence-electron chi connectivity index (χ0n) is 27.5. The van der Waals surface area contributed by atoms with Crippen LogP contribution >= 0.6 is 0 Å². The van der Waals surface area contributed by atoms with Gasteiger partial charge in [-0.25, -0.2) is 0 Å². The predicted octanol–water partition coefficient (Wildman–Crippen LogP) is 9.43. The summed E-state index contributed by atoms with van der Waals surface area (Å²) in [4.78, 5) is 23.9. The average molecular weight is 762 g/mol. The van der Waals surface area contributed by atoms with Crippen LogP contribution in [0.3, 0.4) is 0 Å². The summed E-state index contributed by atoms with van der Waals surface area (Å²) < 4.78 is 181. The van der Waals surface area contributed by atoms with Gasteiger partial charge in [-0.3, -0.25) is 4.79 Å². The van der Waals surface area contributed by atoms with Crippen LogP contribution in [0.5, 0.6) is 11.5 Å². The number of rotatable bonds is 14. The van der Waals surface area contributed by atoms with E-state index in [-0.39, 0.29) is 48.6 Å². The lowest BCUT2D eigenvalue weighted by molar-refractivity contribution is -0.139. The Morgan fingerprint density at radius 1 is 0.808 bits per heavy atom. The highest BCUT2D eigenvalue weighted by molar-refractivity contribution is 5.76. The predicted molar refractivity (Wildman–Crippen MR) is 162 cm³/mol. The number of nitrogens with zero attached hydrogens (tertiary/aromatic N) is 1. The molecule has 3 rings (SSSR count). The number of aldehydes is 1. The van der Waals surface area contributed by atoms with Crippen LogP contribution in [-0.4, -0.2) is 62.9 Å². The summed E-state index contributed by atoms with van der Waals surface area (Å²) in [5.74, 6) is -1.21. The number of benzene rings is 2. The minimum atomic E-state index is -5.24. The second-order valence-electron chi connectivity index (χ2n) is 11.4. The Kier molecular flexibility index (Phi) is 13.3. The number of methoxy groups -OCH3 is 2. The number of carbonyl (C=O) groups excluding carboxylic acids is 2. The Balaban J connectivity index is 2.18. The van der Waals surface area contributed by atoms with Crippen molar-refractivity contribution in [1.29, 1.82) is 0 Å². The highest BCUT2D eigenvalue weighted by Gasteiger charge is 2.41. The van der Waals surface area contributed by atoms with Crippen molar-refractivity contribution < 1.29 is 76.5 Å². The summed E-state index contributed by atoms with van der Waals surface area (Å²) in [5, 5.41) is 0. The fourth-order valence-corrected chi connectivity index (χ4v) is 5.37. The summed E-state index contributed by atoms with van der Waals surface area (Å²) >= 11 is 0. The van der Waals surface area contributed by atoms with E-state index >= 15 is 0 Å². The number of unbranched alkanes of at least 4 members (excludes halogenated alkanes) is 1. The van der Waals surface area contributed by atoms with E-state index in [2.05, 4.69) is 0 Å². The molecule has 0 radical (unpaired) electrons. The van der Waals surface area contributed by atoms with Gasteiger partial charge in [0.15, 0.2) is 0 Å². The van der Waals surface area contributed by atoms with Crippen LogP contribution in [0.1, 0.15) is 42.9 Å². The van der Waals surface area contributed by atoms with Crippen molar-refractivity contribution in [3.63, 3.8) is 0 Å². The molecular weight excluding hydrogens is 730 g/mol. The van der Waals surface area contributed by atoms with Gasteiger partial charge in [0.25, 0.3) is 0 Å². The van der Waals surface area contributed by atoms with E-state index in [0.717, 1.165) is 37.3 Å². The first kappa shape index (κ1) is 41.9. The Morgan fingerprint density at radius 3 is 2.00 bits per heavy atom. The molecule has 52 heavy (non-hydrogen) atoms. The minimum absolute atomic E-state index is 0.0320. The van der Waals surface area contributed by atoms with Crippen molar-refractivity contribution in [3.05, 3.63) is 82.0 Å². The molecule has 0 saturated heterocycles. The number of halogens is 12. The SMILES string of the molecule is COc1cc(C(F)(F)F)c(OCCCC=O)cc1-c1ccc(C(F)(F)F)cc1CN(C=O)C(C)C(OC)C1=CCC(C(F)(F)F)=CC(C(F)(F)F)=C1. The highest BCUT2D eigenvalue weighted by Crippen LogP contribution is 2.45. The quantitative estimate of drug-likeness (QED) is 0.109. The van der Waals surface area contributed by atoms with Gasteiger partial charge in [-0.1, -0.05) is 12.1 Å². The summed E-state index contributed by atoms with van der Waals surface area (Å²) in [7, 11) is 1.99. The molecule has 0 aromatic heterocycles. The molecule has 286 valence electrons. The van der Waals surface area contributed by atoms with Crippen molar-refractivity contribution in [2.75, 3.05) is 20.8 Å². The van der Waals surface area contributed by atoms with Gasteiger partial charge < -0.3 is 23.9 Å². The monoisotopic (exact) mass is 761 g/mol. The Labute approximate surface area is 289 Å². The van der Waals surface area contributed by atoms with E-state index in [1.165, 1.54) is 6.92 Å². The largest absolute Gasteiger partial charge is 0.496 e. The van der Waals surface area contributed by atoms with Crippen LogP contribution in [0, 0.1) is 0 Å². The fourth-order valence-electron chi connectivity index (χ4n) is 5.37. The molecule has 0 spiro atoms. The van der Waals surface area contributed by atoms with Crippen molar-refractivity contribution in [2.24, 2.45) is 0 Å². The van der Waals surface area contributed by atoms with Gasteiger partial charge in [0.1, 0.15) is 29.5 Å². The molecule has 2 atom stereocenters. The highest BCUT2D eigenvalue weighted by atomic mass is 19.4. The summed E-state index contributed by atoms with van der Waals surface area (Å²) in [6.07, 6.45) is -21.1. The topological polar surface area (TPSA) is 65.1 Å². The van der Waals surface area contributed by atoms with Crippen molar-refractivity contribution >= 4 is 12.7 Å². The Bertz CT molecular complexity index is 1690. The maximum atomic E-state index is 14.0. The van der Waals surface area contributed by atoms with Crippen LogP contribution in [0.15, 0.2) is 65.3 Å².